The van der Waals surface area contributed by atoms with Gasteiger partial charge in [-0.2, -0.15) is 0 Å². The van der Waals surface area contributed by atoms with Gasteiger partial charge in [0.25, 0.3) is 0 Å². The van der Waals surface area contributed by atoms with Crippen molar-refractivity contribution in [1.29, 1.82) is 0 Å². The van der Waals surface area contributed by atoms with Gasteiger partial charge in [-0.3, -0.25) is 4.79 Å². The normalized spacial score (nSPS) is 19.6. The number of carbonyl (C=O) groups is 2. The number of methoxy groups -OCH3 is 1. The van der Waals surface area contributed by atoms with Crippen LogP contribution in [0.5, 0.6) is 5.75 Å². The zero-order valence-electron chi connectivity index (χ0n) is 17.2. The molecule has 0 heterocycles. The van der Waals surface area contributed by atoms with Gasteiger partial charge in [0.15, 0.2) is 6.10 Å². The number of aliphatic hydroxyl groups excluding tert-OH is 1. The number of aliphatic hydroxyl groups is 1. The van der Waals surface area contributed by atoms with Gasteiger partial charge >= 0.3 is 5.97 Å². The molecule has 1 aliphatic carbocycles. The number of hydrogen-bond acceptors (Lipinski definition) is 5. The van der Waals surface area contributed by atoms with Gasteiger partial charge in [0.05, 0.1) is 13.7 Å². The molecule has 5 nitrogen and oxygen atoms in total. The third kappa shape index (κ3) is 7.72. The van der Waals surface area contributed by atoms with E-state index in [0.717, 1.165) is 18.6 Å². The summed E-state index contributed by atoms with van der Waals surface area (Å²) in [7, 11) is 1.24. The summed E-state index contributed by atoms with van der Waals surface area (Å²) in [5, 5.41) is 9.51. The fourth-order valence-corrected chi connectivity index (χ4v) is 3.38. The standard InChI is InChI=1S/C24H30O5/c1-18-9-8-11-20(17-18)29-16-7-6-10-19-14-15-22(25)21(19)12-4-3-5-13-23(26)24(27)28-2/h4-6,8-11,17,19,21,23,26H,7,12-16H2,1-2H3/b10-6+/t3?,19-,21+,23?/m0/s1. The maximum atomic E-state index is 12.2. The lowest BCUT2D eigenvalue weighted by molar-refractivity contribution is -0.150. The number of Topliss-reactive ketones (excluding diaryl/α,β-unsaturated/α-hetero) is 1. The van der Waals surface area contributed by atoms with Crippen LogP contribution in [0.4, 0.5) is 0 Å². The minimum absolute atomic E-state index is 0.0321. The van der Waals surface area contributed by atoms with Crippen LogP contribution in [0.15, 0.2) is 54.3 Å². The first-order valence-electron chi connectivity index (χ1n) is 10.1. The number of ether oxygens (including phenoxy) is 2. The molecular formula is C24H30O5. The largest absolute Gasteiger partial charge is 0.493 e. The Morgan fingerprint density at radius 2 is 2.21 bits per heavy atom. The van der Waals surface area contributed by atoms with Gasteiger partial charge in [-0.05, 0) is 62.0 Å². The van der Waals surface area contributed by atoms with Crippen molar-refractivity contribution in [1.82, 2.24) is 0 Å². The second-order valence-corrected chi connectivity index (χ2v) is 7.24. The van der Waals surface area contributed by atoms with Crippen molar-refractivity contribution in [2.45, 2.75) is 45.1 Å². The molecule has 0 bridgehead atoms. The monoisotopic (exact) mass is 398 g/mol. The lowest BCUT2D eigenvalue weighted by atomic mass is 9.91. The lowest BCUT2D eigenvalue weighted by Crippen LogP contribution is -2.20. The zero-order valence-corrected chi connectivity index (χ0v) is 17.2. The van der Waals surface area contributed by atoms with Crippen LogP contribution in [0.3, 0.4) is 0 Å². The second kappa shape index (κ2) is 12.1. The van der Waals surface area contributed by atoms with Gasteiger partial charge in [0, 0.05) is 18.8 Å². The number of allylic oxidation sites excluding steroid dienone is 1. The first kappa shape index (κ1) is 22.7. The highest BCUT2D eigenvalue weighted by molar-refractivity contribution is 5.83. The SMILES string of the molecule is COC(=O)C(O)CC=C=CC[C@H]1C(=O)CC[C@@H]1/C=C/CCOc1cccc(C)c1. The number of carbonyl (C=O) groups excluding carboxylic acids is 2. The van der Waals surface area contributed by atoms with E-state index in [9.17, 15) is 14.7 Å². The first-order chi connectivity index (χ1) is 14.0. The smallest absolute Gasteiger partial charge is 0.335 e. The Morgan fingerprint density at radius 3 is 2.97 bits per heavy atom. The summed E-state index contributed by atoms with van der Waals surface area (Å²) in [6.45, 7) is 2.64. The molecule has 1 saturated carbocycles. The van der Waals surface area contributed by atoms with E-state index in [1.54, 1.807) is 12.2 Å². The van der Waals surface area contributed by atoms with E-state index in [0.29, 0.717) is 19.4 Å². The summed E-state index contributed by atoms with van der Waals surface area (Å²) in [5.74, 6) is 0.700. The minimum Gasteiger partial charge on any atom is -0.493 e. The van der Waals surface area contributed by atoms with Crippen molar-refractivity contribution in [3.8, 4) is 5.75 Å². The molecule has 1 unspecified atom stereocenters. The Hall–Kier alpha value is -2.62. The first-order valence-corrected chi connectivity index (χ1v) is 10.1. The summed E-state index contributed by atoms with van der Waals surface area (Å²) >= 11 is 0. The Labute approximate surface area is 172 Å². The van der Waals surface area contributed by atoms with Crippen LogP contribution in [0.25, 0.3) is 0 Å². The third-order valence-corrected chi connectivity index (χ3v) is 5.00. The molecular weight excluding hydrogens is 368 g/mol. The molecule has 0 aromatic heterocycles. The number of hydrogen-bond donors (Lipinski definition) is 1. The van der Waals surface area contributed by atoms with Gasteiger partial charge in [-0.1, -0.05) is 24.3 Å². The molecule has 3 atom stereocenters. The lowest BCUT2D eigenvalue weighted by Gasteiger charge is -2.12. The second-order valence-electron chi connectivity index (χ2n) is 7.24. The zero-order chi connectivity index (χ0) is 21.1. The van der Waals surface area contributed by atoms with Gasteiger partial charge in [-0.15, -0.1) is 5.73 Å². The molecule has 0 aliphatic heterocycles. The maximum Gasteiger partial charge on any atom is 0.335 e. The molecule has 156 valence electrons. The average Bonchev–Trinajstić information content (AvgIpc) is 3.06. The van der Waals surface area contributed by atoms with E-state index in [-0.39, 0.29) is 24.0 Å². The molecule has 2 rings (SSSR count). The molecule has 1 aromatic carbocycles. The average molecular weight is 398 g/mol. The van der Waals surface area contributed by atoms with Crippen LogP contribution in [0.1, 0.15) is 37.7 Å². The highest BCUT2D eigenvalue weighted by Gasteiger charge is 2.31. The van der Waals surface area contributed by atoms with E-state index in [4.69, 9.17) is 4.74 Å². The fourth-order valence-electron chi connectivity index (χ4n) is 3.38. The summed E-state index contributed by atoms with van der Waals surface area (Å²) < 4.78 is 10.2. The predicted octanol–water partition coefficient (Wildman–Crippen LogP) is 3.94. The molecule has 5 heteroatoms. The van der Waals surface area contributed by atoms with Crippen LogP contribution in [-0.2, 0) is 14.3 Å². The Kier molecular flexibility index (Phi) is 9.42. The van der Waals surface area contributed by atoms with E-state index in [1.165, 1.54) is 12.7 Å². The van der Waals surface area contributed by atoms with Crippen LogP contribution >= 0.6 is 0 Å². The Morgan fingerprint density at radius 1 is 1.38 bits per heavy atom. The molecule has 29 heavy (non-hydrogen) atoms. The van der Waals surface area contributed by atoms with Crippen molar-refractivity contribution in [2.24, 2.45) is 11.8 Å². The van der Waals surface area contributed by atoms with Crippen LogP contribution in [0.2, 0.25) is 0 Å². The van der Waals surface area contributed by atoms with Gasteiger partial charge in [0.2, 0.25) is 0 Å². The highest BCUT2D eigenvalue weighted by Crippen LogP contribution is 2.32. The predicted molar refractivity (Wildman–Crippen MR) is 112 cm³/mol. The van der Waals surface area contributed by atoms with Gasteiger partial charge < -0.3 is 14.6 Å². The molecule has 1 fully saturated rings. The molecule has 1 aliphatic rings. The van der Waals surface area contributed by atoms with Crippen LogP contribution < -0.4 is 4.74 Å². The van der Waals surface area contributed by atoms with Crippen LogP contribution in [-0.4, -0.2) is 36.7 Å². The van der Waals surface area contributed by atoms with Gasteiger partial charge in [-0.25, -0.2) is 4.79 Å². The summed E-state index contributed by atoms with van der Waals surface area (Å²) in [5.41, 5.74) is 4.12. The Balaban J connectivity index is 1.76. The molecule has 1 N–H and O–H groups in total. The minimum atomic E-state index is -1.17. The summed E-state index contributed by atoms with van der Waals surface area (Å²) in [6.07, 6.45) is 9.48. The maximum absolute atomic E-state index is 12.2. The molecule has 0 spiro atoms. The summed E-state index contributed by atoms with van der Waals surface area (Å²) in [4.78, 5) is 23.3. The molecule has 1 aromatic rings. The Bertz CT molecular complexity index is 773. The van der Waals surface area contributed by atoms with Crippen molar-refractivity contribution in [2.75, 3.05) is 13.7 Å². The number of benzene rings is 1. The quantitative estimate of drug-likeness (QED) is 0.280. The van der Waals surface area contributed by atoms with Crippen molar-refractivity contribution >= 4 is 11.8 Å². The molecule has 0 saturated heterocycles. The number of aryl methyl sites for hydroxylation is 1. The molecule has 0 radical (unpaired) electrons. The highest BCUT2D eigenvalue weighted by atomic mass is 16.5. The number of rotatable bonds is 10. The van der Waals surface area contributed by atoms with E-state index in [1.807, 2.05) is 31.2 Å². The van der Waals surface area contributed by atoms with Crippen molar-refractivity contribution in [3.05, 3.63) is 59.9 Å². The summed E-state index contributed by atoms with van der Waals surface area (Å²) in [6, 6.07) is 7.98. The van der Waals surface area contributed by atoms with Crippen LogP contribution in [0, 0.1) is 18.8 Å². The number of ketones is 1. The van der Waals surface area contributed by atoms with Crippen molar-refractivity contribution in [3.63, 3.8) is 0 Å². The van der Waals surface area contributed by atoms with E-state index >= 15 is 0 Å². The van der Waals surface area contributed by atoms with Crippen molar-refractivity contribution < 1.29 is 24.2 Å². The fraction of sp³-hybridized carbons (Fsp3) is 0.458. The van der Waals surface area contributed by atoms with Gasteiger partial charge in [0.1, 0.15) is 11.5 Å². The molecule has 0 amide bonds. The third-order valence-electron chi connectivity index (χ3n) is 5.00. The van der Waals surface area contributed by atoms with E-state index in [2.05, 4.69) is 22.6 Å². The topological polar surface area (TPSA) is 72.8 Å². The van der Waals surface area contributed by atoms with E-state index < -0.39 is 12.1 Å². The number of esters is 1.